The van der Waals surface area contributed by atoms with Crippen molar-refractivity contribution in [2.24, 2.45) is 0 Å². The number of hydrogen-bond donors (Lipinski definition) is 2. The molecule has 1 amide bonds. The second-order valence-electron chi connectivity index (χ2n) is 3.97. The number of nitrogens with one attached hydrogen (secondary N) is 1. The quantitative estimate of drug-likeness (QED) is 0.820. The summed E-state index contributed by atoms with van der Waals surface area (Å²) in [5, 5.41) is 10.6. The lowest BCUT2D eigenvalue weighted by Crippen LogP contribution is -2.21. The van der Waals surface area contributed by atoms with Crippen LogP contribution >= 0.6 is 0 Å². The number of anilines is 1. The number of methoxy groups -OCH3 is 1. The van der Waals surface area contributed by atoms with Crippen LogP contribution < -0.4 is 10.1 Å². The van der Waals surface area contributed by atoms with Crippen molar-refractivity contribution in [2.45, 2.75) is 12.6 Å². The molecule has 5 nitrogen and oxygen atoms in total. The van der Waals surface area contributed by atoms with Gasteiger partial charge in [0.15, 0.2) is 0 Å². The van der Waals surface area contributed by atoms with Crippen LogP contribution in [-0.4, -0.2) is 30.3 Å². The Morgan fingerprint density at radius 3 is 2.57 bits per heavy atom. The first kappa shape index (κ1) is 16.5. The van der Waals surface area contributed by atoms with E-state index in [4.69, 9.17) is 9.84 Å². The van der Waals surface area contributed by atoms with Gasteiger partial charge in [-0.05, 0) is 23.8 Å². The topological polar surface area (TPSA) is 75.6 Å². The lowest BCUT2D eigenvalue weighted by Gasteiger charge is -2.12. The Morgan fingerprint density at radius 1 is 1.38 bits per heavy atom. The second-order valence-corrected chi connectivity index (χ2v) is 3.97. The van der Waals surface area contributed by atoms with Crippen molar-refractivity contribution < 1.29 is 32.6 Å². The SMILES string of the molecule is COc1ccc(C=CC(=O)O)cc1NC(=O)CC(F)(F)F. The molecule has 2 N–H and O–H groups in total. The first-order chi connectivity index (χ1) is 9.71. The second kappa shape index (κ2) is 6.78. The van der Waals surface area contributed by atoms with Gasteiger partial charge in [0.1, 0.15) is 12.2 Å². The molecule has 0 saturated carbocycles. The van der Waals surface area contributed by atoms with Crippen LogP contribution in [0.15, 0.2) is 24.3 Å². The zero-order chi connectivity index (χ0) is 16.0. The minimum atomic E-state index is -4.61. The fraction of sp³-hybridized carbons (Fsp3) is 0.231. The fourth-order valence-electron chi connectivity index (χ4n) is 1.47. The molecule has 114 valence electrons. The van der Waals surface area contributed by atoms with Crippen molar-refractivity contribution >= 4 is 23.6 Å². The lowest BCUT2D eigenvalue weighted by molar-refractivity contribution is -0.150. The van der Waals surface area contributed by atoms with Crippen LogP contribution in [0.3, 0.4) is 0 Å². The van der Waals surface area contributed by atoms with Crippen LogP contribution in [0.5, 0.6) is 5.75 Å². The van der Waals surface area contributed by atoms with Crippen LogP contribution in [0, 0.1) is 0 Å². The van der Waals surface area contributed by atoms with Gasteiger partial charge in [-0.25, -0.2) is 4.79 Å². The van der Waals surface area contributed by atoms with E-state index in [0.717, 1.165) is 6.08 Å². The van der Waals surface area contributed by atoms with Crippen molar-refractivity contribution in [1.82, 2.24) is 0 Å². The molecule has 1 aromatic rings. The molecule has 0 aliphatic carbocycles. The highest BCUT2D eigenvalue weighted by atomic mass is 19.4. The molecule has 1 rings (SSSR count). The first-order valence-electron chi connectivity index (χ1n) is 5.67. The molecule has 0 atom stereocenters. The summed E-state index contributed by atoms with van der Waals surface area (Å²) in [6, 6.07) is 4.22. The van der Waals surface area contributed by atoms with Gasteiger partial charge in [-0.2, -0.15) is 13.2 Å². The fourth-order valence-corrected chi connectivity index (χ4v) is 1.47. The minimum absolute atomic E-state index is 0.0271. The normalized spacial score (nSPS) is 11.4. The van der Waals surface area contributed by atoms with Crippen LogP contribution in [0.1, 0.15) is 12.0 Å². The number of carboxylic acids is 1. The Bertz CT molecular complexity index is 567. The number of halogens is 3. The predicted octanol–water partition coefficient (Wildman–Crippen LogP) is 2.68. The van der Waals surface area contributed by atoms with E-state index in [1.54, 1.807) is 0 Å². The maximum absolute atomic E-state index is 12.1. The molecular weight excluding hydrogens is 291 g/mol. The third kappa shape index (κ3) is 5.98. The maximum atomic E-state index is 12.1. The van der Waals surface area contributed by atoms with Gasteiger partial charge in [-0.15, -0.1) is 0 Å². The third-order valence-electron chi connectivity index (χ3n) is 2.28. The number of carbonyl (C=O) groups excluding carboxylic acids is 1. The summed E-state index contributed by atoms with van der Waals surface area (Å²) in [5.41, 5.74) is 0.416. The Labute approximate surface area is 118 Å². The zero-order valence-electron chi connectivity index (χ0n) is 10.9. The van der Waals surface area contributed by atoms with Crippen LogP contribution in [0.2, 0.25) is 0 Å². The van der Waals surface area contributed by atoms with E-state index >= 15 is 0 Å². The third-order valence-corrected chi connectivity index (χ3v) is 2.28. The van der Waals surface area contributed by atoms with Crippen LogP contribution in [0.4, 0.5) is 18.9 Å². The largest absolute Gasteiger partial charge is 0.495 e. The van der Waals surface area contributed by atoms with E-state index < -0.39 is 24.5 Å². The van der Waals surface area contributed by atoms with Crippen molar-refractivity contribution in [3.63, 3.8) is 0 Å². The van der Waals surface area contributed by atoms with E-state index in [0.29, 0.717) is 5.56 Å². The molecule has 0 heterocycles. The van der Waals surface area contributed by atoms with Crippen molar-refractivity contribution in [2.75, 3.05) is 12.4 Å². The number of amides is 1. The molecule has 0 radical (unpaired) electrons. The van der Waals surface area contributed by atoms with Gasteiger partial charge in [-0.3, -0.25) is 4.79 Å². The molecule has 0 aliphatic heterocycles. The van der Waals surface area contributed by atoms with Crippen molar-refractivity contribution in [3.05, 3.63) is 29.8 Å². The molecule has 0 aromatic heterocycles. The molecule has 0 bridgehead atoms. The number of rotatable bonds is 5. The average molecular weight is 303 g/mol. The highest BCUT2D eigenvalue weighted by molar-refractivity contribution is 5.93. The van der Waals surface area contributed by atoms with Gasteiger partial charge < -0.3 is 15.2 Å². The summed E-state index contributed by atoms with van der Waals surface area (Å²) in [6.07, 6.45) is -4.13. The van der Waals surface area contributed by atoms with Crippen molar-refractivity contribution in [3.8, 4) is 5.75 Å². The zero-order valence-corrected chi connectivity index (χ0v) is 10.9. The Morgan fingerprint density at radius 2 is 2.05 bits per heavy atom. The van der Waals surface area contributed by atoms with Gasteiger partial charge in [0.2, 0.25) is 5.91 Å². The molecule has 1 aromatic carbocycles. The van der Waals surface area contributed by atoms with Crippen LogP contribution in [-0.2, 0) is 9.59 Å². The van der Waals surface area contributed by atoms with Gasteiger partial charge in [-0.1, -0.05) is 6.07 Å². The molecular formula is C13H12F3NO4. The number of benzene rings is 1. The monoisotopic (exact) mass is 303 g/mol. The number of carboxylic acid groups (broad SMARTS) is 1. The van der Waals surface area contributed by atoms with Gasteiger partial charge in [0.05, 0.1) is 12.8 Å². The summed E-state index contributed by atoms with van der Waals surface area (Å²) < 4.78 is 41.3. The molecule has 0 fully saturated rings. The van der Waals surface area contributed by atoms with E-state index in [1.807, 2.05) is 0 Å². The van der Waals surface area contributed by atoms with Crippen molar-refractivity contribution in [1.29, 1.82) is 0 Å². The maximum Gasteiger partial charge on any atom is 0.397 e. The summed E-state index contributed by atoms with van der Waals surface area (Å²) in [4.78, 5) is 21.7. The molecule has 21 heavy (non-hydrogen) atoms. The number of ether oxygens (including phenoxy) is 1. The molecule has 8 heteroatoms. The molecule has 0 aliphatic rings. The summed E-state index contributed by atoms with van der Waals surface area (Å²) >= 11 is 0. The molecule has 0 spiro atoms. The standard InChI is InChI=1S/C13H12F3NO4/c1-21-10-4-2-8(3-5-12(19)20)6-9(10)17-11(18)7-13(14,15)16/h2-6H,7H2,1H3,(H,17,18)(H,19,20). The van der Waals surface area contributed by atoms with E-state index in [9.17, 15) is 22.8 Å². The van der Waals surface area contributed by atoms with Gasteiger partial charge in [0, 0.05) is 6.08 Å². The van der Waals surface area contributed by atoms with Gasteiger partial charge >= 0.3 is 12.1 Å². The van der Waals surface area contributed by atoms with E-state index in [-0.39, 0.29) is 11.4 Å². The molecule has 0 saturated heterocycles. The highest BCUT2D eigenvalue weighted by Gasteiger charge is 2.31. The Balaban J connectivity index is 2.95. The number of carbonyl (C=O) groups is 2. The Kier molecular flexibility index (Phi) is 5.34. The Hall–Kier alpha value is -2.51. The van der Waals surface area contributed by atoms with E-state index in [1.165, 1.54) is 31.4 Å². The van der Waals surface area contributed by atoms with Gasteiger partial charge in [0.25, 0.3) is 0 Å². The summed E-state index contributed by atoms with van der Waals surface area (Å²) in [6.45, 7) is 0. The summed E-state index contributed by atoms with van der Waals surface area (Å²) in [5.74, 6) is -2.24. The number of aliphatic carboxylic acids is 1. The highest BCUT2D eigenvalue weighted by Crippen LogP contribution is 2.27. The molecule has 0 unspecified atom stereocenters. The lowest BCUT2D eigenvalue weighted by atomic mass is 10.1. The number of hydrogen-bond acceptors (Lipinski definition) is 3. The first-order valence-corrected chi connectivity index (χ1v) is 5.67. The number of alkyl halides is 3. The minimum Gasteiger partial charge on any atom is -0.495 e. The smallest absolute Gasteiger partial charge is 0.397 e. The summed E-state index contributed by atoms with van der Waals surface area (Å²) in [7, 11) is 1.29. The van der Waals surface area contributed by atoms with Crippen LogP contribution in [0.25, 0.3) is 6.08 Å². The predicted molar refractivity (Wildman–Crippen MR) is 69.0 cm³/mol. The average Bonchev–Trinajstić information content (AvgIpc) is 2.34. The van der Waals surface area contributed by atoms with E-state index in [2.05, 4.69) is 5.32 Å².